The molecule has 0 fully saturated rings. The van der Waals surface area contributed by atoms with Gasteiger partial charge >= 0.3 is 0 Å². The molecular weight excluding hydrogens is 332 g/mol. The summed E-state index contributed by atoms with van der Waals surface area (Å²) in [6, 6.07) is 7.76. The van der Waals surface area contributed by atoms with Crippen molar-refractivity contribution in [1.29, 1.82) is 0 Å². The summed E-state index contributed by atoms with van der Waals surface area (Å²) in [6.45, 7) is 5.80. The van der Waals surface area contributed by atoms with Crippen LogP contribution in [0.25, 0.3) is 0 Å². The topological polar surface area (TPSA) is 87.0 Å². The van der Waals surface area contributed by atoms with Crippen LogP contribution in [-0.2, 0) is 6.42 Å². The number of ether oxygens (including phenoxy) is 1. The first-order valence-corrected chi connectivity index (χ1v) is 8.49. The van der Waals surface area contributed by atoms with E-state index in [2.05, 4.69) is 0 Å². The maximum absolute atomic E-state index is 11.5. The van der Waals surface area contributed by atoms with Crippen LogP contribution < -0.4 is 4.74 Å². The molecule has 5 nitrogen and oxygen atoms in total. The van der Waals surface area contributed by atoms with Gasteiger partial charge in [-0.25, -0.2) is 0 Å². The number of carbonyl (C=O) groups excluding carboxylic acids is 1. The Bertz CT molecular complexity index is 802. The minimum Gasteiger partial charge on any atom is -0.508 e. The minimum absolute atomic E-state index is 0.0113. The van der Waals surface area contributed by atoms with E-state index in [1.165, 1.54) is 0 Å². The fourth-order valence-corrected chi connectivity index (χ4v) is 2.66. The van der Waals surface area contributed by atoms with E-state index in [4.69, 9.17) is 4.74 Å². The van der Waals surface area contributed by atoms with Gasteiger partial charge in [0.2, 0.25) is 0 Å². The van der Waals surface area contributed by atoms with Gasteiger partial charge in [-0.1, -0.05) is 30.7 Å². The first-order valence-electron chi connectivity index (χ1n) is 8.49. The number of allylic oxidation sites excluding steroid dienone is 2. The maximum Gasteiger partial charge on any atom is 0.157 e. The van der Waals surface area contributed by atoms with Crippen LogP contribution in [0.4, 0.5) is 0 Å². The molecule has 0 saturated carbocycles. The van der Waals surface area contributed by atoms with E-state index >= 15 is 0 Å². The molecule has 0 saturated heterocycles. The van der Waals surface area contributed by atoms with Crippen molar-refractivity contribution in [3.05, 3.63) is 58.7 Å². The minimum atomic E-state index is -0.402. The van der Waals surface area contributed by atoms with Gasteiger partial charge in [0.15, 0.2) is 6.29 Å². The number of rotatable bonds is 7. The predicted octanol–water partition coefficient (Wildman–Crippen LogP) is 4.65. The molecule has 0 aliphatic rings. The lowest BCUT2D eigenvalue weighted by Crippen LogP contribution is -2.10. The molecule has 2 rings (SSSR count). The average molecular weight is 356 g/mol. The van der Waals surface area contributed by atoms with E-state index in [0.717, 1.165) is 17.2 Å². The normalized spacial score (nSPS) is 11.7. The smallest absolute Gasteiger partial charge is 0.157 e. The number of carbonyl (C=O) groups is 1. The second kappa shape index (κ2) is 8.43. The Hall–Kier alpha value is -2.95. The van der Waals surface area contributed by atoms with E-state index < -0.39 is 6.10 Å². The summed E-state index contributed by atoms with van der Waals surface area (Å²) < 4.78 is 6.07. The van der Waals surface area contributed by atoms with Gasteiger partial charge in [0.05, 0.1) is 5.56 Å². The van der Waals surface area contributed by atoms with Crippen molar-refractivity contribution in [3.8, 4) is 23.0 Å². The molecule has 0 aliphatic carbocycles. The van der Waals surface area contributed by atoms with Crippen LogP contribution in [-0.4, -0.2) is 21.6 Å². The molecule has 0 heterocycles. The number of phenolic OH excluding ortho intramolecular Hbond substituents is 3. The van der Waals surface area contributed by atoms with Crippen LogP contribution >= 0.6 is 0 Å². The van der Waals surface area contributed by atoms with Gasteiger partial charge in [-0.3, -0.25) is 4.79 Å². The second-order valence-corrected chi connectivity index (χ2v) is 6.35. The van der Waals surface area contributed by atoms with Crippen molar-refractivity contribution >= 4 is 6.29 Å². The standard InChI is InChI=1S/C21H24O5/c1-4-20(14-6-8-15(23)9-7-14)26-21-16(10-5-13(2)3)18(24)11-19(25)17(21)12-22/h5-9,11-12,20,23-25H,4,10H2,1-3H3. The highest BCUT2D eigenvalue weighted by Gasteiger charge is 2.22. The lowest BCUT2D eigenvalue weighted by atomic mass is 10.0. The summed E-state index contributed by atoms with van der Waals surface area (Å²) in [5, 5.41) is 29.8. The number of aromatic hydroxyl groups is 3. The van der Waals surface area contributed by atoms with Crippen LogP contribution in [0.1, 0.15) is 54.8 Å². The average Bonchev–Trinajstić information content (AvgIpc) is 2.59. The summed E-state index contributed by atoms with van der Waals surface area (Å²) in [4.78, 5) is 11.5. The highest BCUT2D eigenvalue weighted by Crippen LogP contribution is 2.40. The van der Waals surface area contributed by atoms with Gasteiger partial charge in [0.1, 0.15) is 29.1 Å². The first-order chi connectivity index (χ1) is 12.4. The lowest BCUT2D eigenvalue weighted by Gasteiger charge is -2.22. The van der Waals surface area contributed by atoms with Crippen LogP contribution in [0.5, 0.6) is 23.0 Å². The molecule has 0 amide bonds. The molecule has 3 N–H and O–H groups in total. The number of hydrogen-bond donors (Lipinski definition) is 3. The molecule has 2 aromatic carbocycles. The van der Waals surface area contributed by atoms with Gasteiger partial charge in [-0.2, -0.15) is 0 Å². The quantitative estimate of drug-likeness (QED) is 0.496. The van der Waals surface area contributed by atoms with E-state index in [0.29, 0.717) is 24.7 Å². The molecule has 2 aromatic rings. The molecule has 0 spiro atoms. The van der Waals surface area contributed by atoms with E-state index in [-0.39, 0.29) is 28.6 Å². The molecule has 0 aliphatic heterocycles. The summed E-state index contributed by atoms with van der Waals surface area (Å²) >= 11 is 0. The number of phenols is 3. The zero-order valence-corrected chi connectivity index (χ0v) is 15.2. The summed E-state index contributed by atoms with van der Waals surface area (Å²) in [7, 11) is 0. The van der Waals surface area contributed by atoms with Gasteiger partial charge in [-0.15, -0.1) is 0 Å². The Kier molecular flexibility index (Phi) is 6.28. The van der Waals surface area contributed by atoms with Crippen molar-refractivity contribution in [2.24, 2.45) is 0 Å². The van der Waals surface area contributed by atoms with E-state index in [1.54, 1.807) is 24.3 Å². The number of benzene rings is 2. The van der Waals surface area contributed by atoms with Crippen molar-refractivity contribution in [3.63, 3.8) is 0 Å². The van der Waals surface area contributed by atoms with Gasteiger partial charge in [0.25, 0.3) is 0 Å². The molecule has 138 valence electrons. The summed E-state index contributed by atoms with van der Waals surface area (Å²) in [6.07, 6.45) is 3.01. The Balaban J connectivity index is 2.52. The van der Waals surface area contributed by atoms with Crippen LogP contribution in [0.3, 0.4) is 0 Å². The van der Waals surface area contributed by atoms with E-state index in [1.807, 2.05) is 26.8 Å². The zero-order valence-electron chi connectivity index (χ0n) is 15.2. The SMILES string of the molecule is CCC(Oc1c(C=O)c(O)cc(O)c1CC=C(C)C)c1ccc(O)cc1. The highest BCUT2D eigenvalue weighted by molar-refractivity contribution is 5.85. The van der Waals surface area contributed by atoms with Crippen molar-refractivity contribution < 1.29 is 24.9 Å². The molecule has 0 bridgehead atoms. The van der Waals surface area contributed by atoms with Crippen LogP contribution in [0, 0.1) is 0 Å². The first kappa shape index (κ1) is 19.4. The molecular formula is C21H24O5. The Morgan fingerprint density at radius 1 is 1.12 bits per heavy atom. The Morgan fingerprint density at radius 2 is 1.77 bits per heavy atom. The lowest BCUT2D eigenvalue weighted by molar-refractivity contribution is 0.111. The summed E-state index contributed by atoms with van der Waals surface area (Å²) in [5.74, 6) is -0.124. The molecule has 26 heavy (non-hydrogen) atoms. The third-order valence-electron chi connectivity index (χ3n) is 4.11. The maximum atomic E-state index is 11.5. The molecule has 0 radical (unpaired) electrons. The van der Waals surface area contributed by atoms with E-state index in [9.17, 15) is 20.1 Å². The fraction of sp³-hybridized carbons (Fsp3) is 0.286. The van der Waals surface area contributed by atoms with Crippen molar-refractivity contribution in [1.82, 2.24) is 0 Å². The molecule has 5 heteroatoms. The van der Waals surface area contributed by atoms with Gasteiger partial charge in [-0.05, 0) is 44.4 Å². The predicted molar refractivity (Wildman–Crippen MR) is 100 cm³/mol. The molecule has 1 atom stereocenters. The third-order valence-corrected chi connectivity index (χ3v) is 4.11. The van der Waals surface area contributed by atoms with Crippen molar-refractivity contribution in [2.45, 2.75) is 39.7 Å². The number of hydrogen-bond acceptors (Lipinski definition) is 5. The third kappa shape index (κ3) is 4.36. The van der Waals surface area contributed by atoms with Gasteiger partial charge < -0.3 is 20.1 Å². The second-order valence-electron chi connectivity index (χ2n) is 6.35. The largest absolute Gasteiger partial charge is 0.508 e. The monoisotopic (exact) mass is 356 g/mol. The van der Waals surface area contributed by atoms with Gasteiger partial charge in [0, 0.05) is 11.6 Å². The van der Waals surface area contributed by atoms with Crippen molar-refractivity contribution in [2.75, 3.05) is 0 Å². The Morgan fingerprint density at radius 3 is 2.31 bits per heavy atom. The van der Waals surface area contributed by atoms with Crippen LogP contribution in [0.15, 0.2) is 42.0 Å². The molecule has 1 unspecified atom stereocenters. The highest BCUT2D eigenvalue weighted by atomic mass is 16.5. The summed E-state index contributed by atoms with van der Waals surface area (Å²) in [5.41, 5.74) is 2.33. The van der Waals surface area contributed by atoms with Crippen LogP contribution in [0.2, 0.25) is 0 Å². The fourth-order valence-electron chi connectivity index (χ4n) is 2.66. The number of aldehydes is 1. The zero-order chi connectivity index (χ0) is 19.3. The Labute approximate surface area is 153 Å². The molecule has 0 aromatic heterocycles.